The summed E-state index contributed by atoms with van der Waals surface area (Å²) in [5.41, 5.74) is -0.558. The van der Waals surface area contributed by atoms with Crippen molar-refractivity contribution < 1.29 is 18.0 Å². The van der Waals surface area contributed by atoms with Crippen molar-refractivity contribution in [1.29, 1.82) is 0 Å². The molecule has 0 spiro atoms. The van der Waals surface area contributed by atoms with Gasteiger partial charge in [-0.1, -0.05) is 54.1 Å². The van der Waals surface area contributed by atoms with Gasteiger partial charge in [-0.2, -0.15) is 13.2 Å². The number of halogens is 4. The third kappa shape index (κ3) is 3.48. The molecule has 3 fully saturated rings. The number of carbonyl (C=O) groups excluding carboxylic acids is 1. The molecule has 1 unspecified atom stereocenters. The molecule has 1 amide bonds. The second-order valence-electron chi connectivity index (χ2n) is 8.49. The van der Waals surface area contributed by atoms with Crippen molar-refractivity contribution in [2.45, 2.75) is 30.6 Å². The maximum atomic E-state index is 13.3. The van der Waals surface area contributed by atoms with Crippen molar-refractivity contribution in [2.75, 3.05) is 6.54 Å². The third-order valence-electron chi connectivity index (χ3n) is 6.53. The predicted octanol–water partition coefficient (Wildman–Crippen LogP) is 5.74. The molecule has 0 aromatic heterocycles. The minimum atomic E-state index is -4.63. The summed E-state index contributed by atoms with van der Waals surface area (Å²) in [6, 6.07) is 17.0. The van der Waals surface area contributed by atoms with E-state index < -0.39 is 22.7 Å². The lowest BCUT2D eigenvalue weighted by molar-refractivity contribution is -0.137. The maximum Gasteiger partial charge on any atom is 0.417 e. The Morgan fingerprint density at radius 1 is 1.06 bits per heavy atom. The Morgan fingerprint density at radius 2 is 1.81 bits per heavy atom. The van der Waals surface area contributed by atoms with Crippen LogP contribution in [0.5, 0.6) is 0 Å². The number of benzene rings is 3. The maximum absolute atomic E-state index is 13.3. The molecule has 1 atom stereocenters. The summed E-state index contributed by atoms with van der Waals surface area (Å²) in [4.78, 5) is 13.1. The van der Waals surface area contributed by atoms with Crippen LogP contribution < -0.4 is 10.6 Å². The van der Waals surface area contributed by atoms with Gasteiger partial charge in [-0.15, -0.1) is 0 Å². The zero-order chi connectivity index (χ0) is 21.8. The molecule has 1 aliphatic carbocycles. The van der Waals surface area contributed by atoms with Crippen molar-refractivity contribution in [3.8, 4) is 0 Å². The first-order valence-electron chi connectivity index (χ1n) is 10.2. The molecular formula is C24H20ClF3N2O. The summed E-state index contributed by atoms with van der Waals surface area (Å²) in [6.45, 7) is 0.879. The van der Waals surface area contributed by atoms with E-state index in [0.29, 0.717) is 5.92 Å². The lowest BCUT2D eigenvalue weighted by Crippen LogP contribution is -2.54. The molecule has 6 rings (SSSR count). The minimum Gasteiger partial charge on any atom is -0.343 e. The number of alkyl halides is 3. The van der Waals surface area contributed by atoms with Crippen molar-refractivity contribution in [3.63, 3.8) is 0 Å². The lowest BCUT2D eigenvalue weighted by Gasteiger charge is -2.44. The van der Waals surface area contributed by atoms with Crippen molar-refractivity contribution >= 4 is 28.3 Å². The zero-order valence-corrected chi connectivity index (χ0v) is 17.2. The van der Waals surface area contributed by atoms with E-state index in [1.54, 1.807) is 0 Å². The standard InChI is InChI=1S/C24H20ClF3N2O/c25-20-18(6-3-7-19(20)24(26,27)28)22(31)30-21(23-11-14(12-23)13-29-23)17-9-8-15-4-1-2-5-16(15)10-17/h1-10,14,21,29H,11-13H2,(H,30,31). The SMILES string of the molecule is O=C(NC(c1ccc2ccccc2c1)C12CC(CN1)C2)c1cccc(C(F)(F)F)c1Cl. The lowest BCUT2D eigenvalue weighted by atomic mass is 9.67. The smallest absolute Gasteiger partial charge is 0.343 e. The van der Waals surface area contributed by atoms with E-state index in [1.807, 2.05) is 42.5 Å². The fourth-order valence-corrected chi connectivity index (χ4v) is 5.33. The van der Waals surface area contributed by atoms with Crippen LogP contribution in [0.4, 0.5) is 13.2 Å². The van der Waals surface area contributed by atoms with Crippen LogP contribution in [0.2, 0.25) is 5.02 Å². The molecule has 160 valence electrons. The second-order valence-corrected chi connectivity index (χ2v) is 8.87. The average Bonchev–Trinajstić information content (AvgIpc) is 3.32. The summed E-state index contributed by atoms with van der Waals surface area (Å²) in [5.74, 6) is -0.0437. The number of amides is 1. The number of hydrogen-bond donors (Lipinski definition) is 2. The van der Waals surface area contributed by atoms with Crippen LogP contribution >= 0.6 is 11.6 Å². The number of nitrogens with one attached hydrogen (secondary N) is 2. The predicted molar refractivity (Wildman–Crippen MR) is 114 cm³/mol. The third-order valence-corrected chi connectivity index (χ3v) is 6.94. The van der Waals surface area contributed by atoms with Gasteiger partial charge in [0.25, 0.3) is 5.91 Å². The average molecular weight is 445 g/mol. The Hall–Kier alpha value is -2.57. The summed E-state index contributed by atoms with van der Waals surface area (Å²) in [7, 11) is 0. The van der Waals surface area contributed by atoms with Gasteiger partial charge in [0.2, 0.25) is 0 Å². The fraction of sp³-hybridized carbons (Fsp3) is 0.292. The molecule has 7 heteroatoms. The highest BCUT2D eigenvalue weighted by atomic mass is 35.5. The second kappa shape index (κ2) is 7.24. The molecule has 0 radical (unpaired) electrons. The van der Waals surface area contributed by atoms with Gasteiger partial charge in [-0.3, -0.25) is 4.79 Å². The molecule has 2 bridgehead atoms. The van der Waals surface area contributed by atoms with Gasteiger partial charge in [0, 0.05) is 5.54 Å². The topological polar surface area (TPSA) is 41.1 Å². The van der Waals surface area contributed by atoms with Crippen LogP contribution in [0.3, 0.4) is 0 Å². The Morgan fingerprint density at radius 3 is 2.48 bits per heavy atom. The van der Waals surface area contributed by atoms with Gasteiger partial charge >= 0.3 is 6.18 Å². The molecule has 2 aliphatic heterocycles. The number of hydrogen-bond acceptors (Lipinski definition) is 2. The molecule has 31 heavy (non-hydrogen) atoms. The Balaban J connectivity index is 1.52. The van der Waals surface area contributed by atoms with E-state index in [4.69, 9.17) is 11.6 Å². The van der Waals surface area contributed by atoms with Gasteiger partial charge < -0.3 is 10.6 Å². The number of carbonyl (C=O) groups is 1. The first kappa shape index (κ1) is 20.3. The summed E-state index contributed by atoms with van der Waals surface area (Å²) >= 11 is 6.00. The molecule has 2 saturated heterocycles. The first-order chi connectivity index (χ1) is 14.8. The molecular weight excluding hydrogens is 425 g/mol. The van der Waals surface area contributed by atoms with Gasteiger partial charge in [-0.05, 0) is 59.8 Å². The molecule has 3 nitrogen and oxygen atoms in total. The summed E-state index contributed by atoms with van der Waals surface area (Å²) in [6.07, 6.45) is -2.79. The largest absolute Gasteiger partial charge is 0.417 e. The van der Waals surface area contributed by atoms with E-state index >= 15 is 0 Å². The Labute approximate surface area is 182 Å². The first-order valence-corrected chi connectivity index (χ1v) is 10.5. The van der Waals surface area contributed by atoms with Crippen LogP contribution in [0.15, 0.2) is 60.7 Å². The van der Waals surface area contributed by atoms with E-state index in [2.05, 4.69) is 10.6 Å². The number of fused-ring (bicyclic) bond motifs is 2. The van der Waals surface area contributed by atoms with Gasteiger partial charge in [0.15, 0.2) is 0 Å². The summed E-state index contributed by atoms with van der Waals surface area (Å²) in [5, 5.41) is 8.09. The molecule has 3 aromatic rings. The quantitative estimate of drug-likeness (QED) is 0.539. The summed E-state index contributed by atoms with van der Waals surface area (Å²) < 4.78 is 39.8. The molecule has 3 aliphatic rings. The molecule has 1 saturated carbocycles. The van der Waals surface area contributed by atoms with E-state index in [9.17, 15) is 18.0 Å². The van der Waals surface area contributed by atoms with Crippen molar-refractivity contribution in [2.24, 2.45) is 5.92 Å². The van der Waals surface area contributed by atoms with Crippen molar-refractivity contribution in [3.05, 3.63) is 82.4 Å². The van der Waals surface area contributed by atoms with Crippen molar-refractivity contribution in [1.82, 2.24) is 10.6 Å². The Kier molecular flexibility index (Phi) is 4.75. The van der Waals surface area contributed by atoms with Gasteiger partial charge in [0.1, 0.15) is 0 Å². The van der Waals surface area contributed by atoms with Crippen LogP contribution in [-0.2, 0) is 6.18 Å². The van der Waals surface area contributed by atoms with E-state index in [0.717, 1.165) is 41.8 Å². The number of rotatable bonds is 4. The van der Waals surface area contributed by atoms with Gasteiger partial charge in [-0.25, -0.2) is 0 Å². The molecule has 3 aromatic carbocycles. The Bertz CT molecular complexity index is 1170. The van der Waals surface area contributed by atoms with E-state index in [-0.39, 0.29) is 17.1 Å². The fourth-order valence-electron chi connectivity index (χ4n) is 5.01. The molecule has 2 N–H and O–H groups in total. The minimum absolute atomic E-state index is 0.174. The van der Waals surface area contributed by atoms with Crippen LogP contribution in [0.1, 0.15) is 40.4 Å². The van der Waals surface area contributed by atoms with Crippen LogP contribution in [-0.4, -0.2) is 18.0 Å². The highest BCUT2D eigenvalue weighted by Gasteiger charge is 2.55. The van der Waals surface area contributed by atoms with E-state index in [1.165, 1.54) is 12.1 Å². The van der Waals surface area contributed by atoms with Crippen LogP contribution in [0, 0.1) is 5.92 Å². The highest BCUT2D eigenvalue weighted by molar-refractivity contribution is 6.34. The monoisotopic (exact) mass is 444 g/mol. The zero-order valence-electron chi connectivity index (χ0n) is 16.5. The normalized spacial score (nSPS) is 23.4. The van der Waals surface area contributed by atoms with Gasteiger partial charge in [0.05, 0.1) is 22.2 Å². The molecule has 2 heterocycles. The highest BCUT2D eigenvalue weighted by Crippen LogP contribution is 2.51. The van der Waals surface area contributed by atoms with Crippen LogP contribution in [0.25, 0.3) is 10.8 Å².